The lowest BCUT2D eigenvalue weighted by molar-refractivity contribution is -0.147. The second-order valence-corrected chi connectivity index (χ2v) is 20.0. The van der Waals surface area contributed by atoms with Gasteiger partial charge < -0.3 is 4.74 Å². The van der Waals surface area contributed by atoms with E-state index >= 15 is 0 Å². The van der Waals surface area contributed by atoms with Crippen LogP contribution in [0.1, 0.15) is 158 Å². The van der Waals surface area contributed by atoms with Crippen LogP contribution in [0.25, 0.3) is 0 Å². The lowest BCUT2D eigenvalue weighted by atomic mass is 10.0. The van der Waals surface area contributed by atoms with Crippen LogP contribution in [0.5, 0.6) is 0 Å². The van der Waals surface area contributed by atoms with Gasteiger partial charge in [-0.2, -0.15) is 0 Å². The minimum atomic E-state index is -4.38. The smallest absolute Gasteiger partial charge is 0.463 e. The molecule has 1 unspecified atom stereocenters. The van der Waals surface area contributed by atoms with Gasteiger partial charge in [0, 0.05) is 6.42 Å². The minimum absolute atomic E-state index is 0.0638. The van der Waals surface area contributed by atoms with Gasteiger partial charge >= 0.3 is 21.6 Å². The maximum absolute atomic E-state index is 14.4. The van der Waals surface area contributed by atoms with Gasteiger partial charge in [0.25, 0.3) is 0 Å². The first-order valence-corrected chi connectivity index (χ1v) is 27.2. The number of ether oxygens (including phenoxy) is 1. The maximum Gasteiger partial charge on any atom is 0.475 e. The standard InChI is InChI=1S/C53H76O10P2/c1-2-3-4-5-6-7-8-9-10-11-12-13-14-15-16-17-18-19-32-41-53(54)57-46-52(63-65(56,60-44-50-37-28-22-29-38-50)61-45-51-39-30-23-31-40-51)47-62-64(55,58-42-48-33-24-20-25-34-48)59-43-49-35-26-21-27-36-49/h20-31,33-40,52H,2-19,32,41-47H2,1H3. The highest BCUT2D eigenvalue weighted by Crippen LogP contribution is 2.54. The molecule has 0 aromatic heterocycles. The molecule has 0 fully saturated rings. The molecule has 0 aliphatic carbocycles. The molecule has 0 amide bonds. The van der Waals surface area contributed by atoms with Crippen molar-refractivity contribution in [3.63, 3.8) is 0 Å². The van der Waals surface area contributed by atoms with Crippen LogP contribution in [-0.4, -0.2) is 25.3 Å². The summed E-state index contributed by atoms with van der Waals surface area (Å²) in [5.74, 6) is -0.431. The zero-order valence-electron chi connectivity index (χ0n) is 39.0. The lowest BCUT2D eigenvalue weighted by Crippen LogP contribution is -2.27. The Bertz CT molecular complexity index is 1770. The van der Waals surface area contributed by atoms with Crippen molar-refractivity contribution in [2.75, 3.05) is 13.2 Å². The Morgan fingerprint density at radius 3 is 1.05 bits per heavy atom. The monoisotopic (exact) mass is 934 g/mol. The summed E-state index contributed by atoms with van der Waals surface area (Å²) in [6.45, 7) is 1.12. The fourth-order valence-corrected chi connectivity index (χ4v) is 9.68. The van der Waals surface area contributed by atoms with E-state index in [4.69, 9.17) is 31.9 Å². The third-order valence-corrected chi connectivity index (χ3v) is 13.8. The second kappa shape index (κ2) is 33.9. The molecular formula is C53H76O10P2. The summed E-state index contributed by atoms with van der Waals surface area (Å²) in [7, 11) is -8.66. The number of hydrogen-bond acceptors (Lipinski definition) is 10. The number of esters is 1. The van der Waals surface area contributed by atoms with Gasteiger partial charge in [-0.3, -0.25) is 31.9 Å². The van der Waals surface area contributed by atoms with Crippen molar-refractivity contribution in [2.24, 2.45) is 0 Å². The fourth-order valence-electron chi connectivity index (χ4n) is 7.19. The van der Waals surface area contributed by atoms with E-state index in [-0.39, 0.29) is 39.5 Å². The minimum Gasteiger partial charge on any atom is -0.463 e. The molecule has 0 radical (unpaired) electrons. The van der Waals surface area contributed by atoms with Gasteiger partial charge in [-0.25, -0.2) is 9.13 Å². The van der Waals surface area contributed by atoms with Crippen LogP contribution in [0.3, 0.4) is 0 Å². The highest BCUT2D eigenvalue weighted by atomic mass is 31.2. The van der Waals surface area contributed by atoms with Gasteiger partial charge in [0.05, 0.1) is 33.0 Å². The summed E-state index contributed by atoms with van der Waals surface area (Å²) < 4.78 is 69.7. The highest BCUT2D eigenvalue weighted by molar-refractivity contribution is 7.48. The van der Waals surface area contributed by atoms with E-state index in [0.717, 1.165) is 41.5 Å². The number of rotatable bonds is 39. The topological polar surface area (TPSA) is 116 Å². The first kappa shape index (κ1) is 54.2. The van der Waals surface area contributed by atoms with E-state index in [1.165, 1.54) is 96.3 Å². The third kappa shape index (κ3) is 25.9. The van der Waals surface area contributed by atoms with Gasteiger partial charge in [-0.15, -0.1) is 0 Å². The molecule has 65 heavy (non-hydrogen) atoms. The Morgan fingerprint density at radius 1 is 0.400 bits per heavy atom. The van der Waals surface area contributed by atoms with E-state index in [2.05, 4.69) is 6.92 Å². The Labute approximate surface area is 390 Å². The van der Waals surface area contributed by atoms with Crippen molar-refractivity contribution in [1.29, 1.82) is 0 Å². The average Bonchev–Trinajstić information content (AvgIpc) is 3.34. The number of hydrogen-bond donors (Lipinski definition) is 0. The summed E-state index contributed by atoms with van der Waals surface area (Å²) >= 11 is 0. The highest BCUT2D eigenvalue weighted by Gasteiger charge is 2.35. The zero-order chi connectivity index (χ0) is 45.9. The van der Waals surface area contributed by atoms with Crippen LogP contribution in [0.4, 0.5) is 0 Å². The number of benzene rings is 4. The molecule has 0 saturated carbocycles. The Morgan fingerprint density at radius 2 is 0.708 bits per heavy atom. The summed E-state index contributed by atoms with van der Waals surface area (Å²) in [5, 5.41) is 0. The lowest BCUT2D eigenvalue weighted by Gasteiger charge is -2.25. The molecule has 358 valence electrons. The summed E-state index contributed by atoms with van der Waals surface area (Å²) in [6, 6.07) is 36.9. The van der Waals surface area contributed by atoms with Crippen molar-refractivity contribution in [3.8, 4) is 0 Å². The van der Waals surface area contributed by atoms with E-state index in [1.54, 1.807) is 0 Å². The molecule has 0 aliphatic heterocycles. The molecule has 10 nitrogen and oxygen atoms in total. The van der Waals surface area contributed by atoms with Crippen LogP contribution in [-0.2, 0) is 72.2 Å². The first-order chi connectivity index (χ1) is 31.8. The van der Waals surface area contributed by atoms with E-state index in [1.807, 2.05) is 121 Å². The van der Waals surface area contributed by atoms with Crippen LogP contribution >= 0.6 is 15.6 Å². The molecule has 4 aromatic carbocycles. The fraction of sp³-hybridized carbons (Fsp3) is 0.528. The molecule has 0 aliphatic rings. The van der Waals surface area contributed by atoms with Crippen LogP contribution in [0.15, 0.2) is 121 Å². The van der Waals surface area contributed by atoms with Gasteiger partial charge in [0.15, 0.2) is 0 Å². The van der Waals surface area contributed by atoms with Crippen LogP contribution < -0.4 is 0 Å². The normalized spacial score (nSPS) is 12.3. The quantitative estimate of drug-likeness (QED) is 0.0243. The first-order valence-electron chi connectivity index (χ1n) is 24.3. The number of phosphoric acid groups is 2. The molecule has 0 bridgehead atoms. The molecular weight excluding hydrogens is 859 g/mol. The molecule has 12 heteroatoms. The third-order valence-electron chi connectivity index (χ3n) is 11.0. The zero-order valence-corrected chi connectivity index (χ0v) is 40.8. The number of unbranched alkanes of at least 4 members (excludes halogenated alkanes) is 18. The second-order valence-electron chi connectivity index (χ2n) is 16.8. The number of carbonyl (C=O) groups is 1. The molecule has 1 atom stereocenters. The Hall–Kier alpha value is -3.43. The van der Waals surface area contributed by atoms with Gasteiger partial charge in [-0.05, 0) is 28.7 Å². The molecule has 4 aromatic rings. The van der Waals surface area contributed by atoms with Crippen molar-refractivity contribution in [1.82, 2.24) is 0 Å². The van der Waals surface area contributed by atoms with Crippen molar-refractivity contribution >= 4 is 21.6 Å². The van der Waals surface area contributed by atoms with Crippen LogP contribution in [0.2, 0.25) is 0 Å². The molecule has 0 saturated heterocycles. The van der Waals surface area contributed by atoms with Gasteiger partial charge in [-0.1, -0.05) is 244 Å². The summed E-state index contributed by atoms with van der Waals surface area (Å²) in [5.41, 5.74) is 2.99. The van der Waals surface area contributed by atoms with Gasteiger partial charge in [0.2, 0.25) is 0 Å². The Balaban J connectivity index is 1.27. The molecule has 4 rings (SSSR count). The molecule has 0 heterocycles. The average molecular weight is 935 g/mol. The Kier molecular flexibility index (Phi) is 28.3. The predicted octanol–water partition coefficient (Wildman–Crippen LogP) is 15.8. The van der Waals surface area contributed by atoms with E-state index in [0.29, 0.717) is 6.42 Å². The molecule has 0 spiro atoms. The number of phosphoric ester groups is 2. The summed E-state index contributed by atoms with van der Waals surface area (Å²) in [6.07, 6.45) is 23.1. The van der Waals surface area contributed by atoms with Crippen molar-refractivity contribution in [2.45, 2.75) is 168 Å². The van der Waals surface area contributed by atoms with E-state index < -0.39 is 34.3 Å². The number of carbonyl (C=O) groups excluding carboxylic acids is 1. The van der Waals surface area contributed by atoms with Crippen molar-refractivity contribution < 1.29 is 45.8 Å². The summed E-state index contributed by atoms with van der Waals surface area (Å²) in [4.78, 5) is 13.1. The predicted molar refractivity (Wildman–Crippen MR) is 260 cm³/mol. The maximum atomic E-state index is 14.4. The van der Waals surface area contributed by atoms with Crippen LogP contribution in [0, 0.1) is 0 Å². The SMILES string of the molecule is CCCCCCCCCCCCCCCCCCCCCC(=O)OCC(COP(=O)(OCc1ccccc1)OCc1ccccc1)OP(=O)(OCc1ccccc1)OCc1ccccc1. The van der Waals surface area contributed by atoms with Crippen molar-refractivity contribution in [3.05, 3.63) is 144 Å². The largest absolute Gasteiger partial charge is 0.475 e. The molecule has 0 N–H and O–H groups in total. The van der Waals surface area contributed by atoms with Gasteiger partial charge in [0.1, 0.15) is 12.7 Å². The van der Waals surface area contributed by atoms with E-state index in [9.17, 15) is 13.9 Å².